The van der Waals surface area contributed by atoms with Crippen LogP contribution in [0.4, 0.5) is 0 Å². The second-order valence-electron chi connectivity index (χ2n) is 11.7. The normalized spacial score (nSPS) is 18.7. The molecule has 6 rings (SSSR count). The van der Waals surface area contributed by atoms with E-state index in [1.807, 2.05) is 91.0 Å². The summed E-state index contributed by atoms with van der Waals surface area (Å²) in [7, 11) is 0. The number of benzene rings is 3. The van der Waals surface area contributed by atoms with Crippen molar-refractivity contribution < 1.29 is 28.4 Å². The van der Waals surface area contributed by atoms with E-state index in [0.717, 1.165) is 37.1 Å². The molecular formula is C37H54O6. The quantitative estimate of drug-likeness (QED) is 0.219. The third-order valence-electron chi connectivity index (χ3n) is 6.31. The van der Waals surface area contributed by atoms with Crippen molar-refractivity contribution in [3.8, 4) is 17.2 Å². The van der Waals surface area contributed by atoms with Gasteiger partial charge in [-0.1, -0.05) is 115 Å². The molecule has 238 valence electrons. The summed E-state index contributed by atoms with van der Waals surface area (Å²) in [6.45, 7) is 17.9. The molecule has 0 aliphatic carbocycles. The molecule has 3 aromatic carbocycles. The van der Waals surface area contributed by atoms with E-state index in [-0.39, 0.29) is 0 Å². The zero-order valence-electron chi connectivity index (χ0n) is 27.2. The number of rotatable bonds is 10. The molecule has 6 heteroatoms. The van der Waals surface area contributed by atoms with Gasteiger partial charge in [0.2, 0.25) is 0 Å². The van der Waals surface area contributed by atoms with Gasteiger partial charge in [0, 0.05) is 0 Å². The predicted octanol–water partition coefficient (Wildman–Crippen LogP) is 8.64. The highest BCUT2D eigenvalue weighted by Gasteiger charge is 2.24. The molecule has 3 saturated heterocycles. The van der Waals surface area contributed by atoms with Crippen molar-refractivity contribution in [1.82, 2.24) is 0 Å². The fraction of sp³-hybridized carbons (Fsp3) is 0.514. The molecule has 3 aliphatic heterocycles. The van der Waals surface area contributed by atoms with Crippen LogP contribution >= 0.6 is 0 Å². The molecule has 0 bridgehead atoms. The first-order chi connectivity index (χ1) is 20.8. The minimum absolute atomic E-state index is 0.343. The van der Waals surface area contributed by atoms with Gasteiger partial charge in [-0.25, -0.2) is 0 Å². The Kier molecular flexibility index (Phi) is 18.2. The van der Waals surface area contributed by atoms with Gasteiger partial charge in [-0.2, -0.15) is 0 Å². The Morgan fingerprint density at radius 2 is 0.744 bits per heavy atom. The molecule has 0 amide bonds. The minimum atomic E-state index is 0.343. The Hall–Kier alpha value is -3.06. The maximum absolute atomic E-state index is 5.40. The Bertz CT molecular complexity index is 903. The van der Waals surface area contributed by atoms with Gasteiger partial charge >= 0.3 is 0 Å². The van der Waals surface area contributed by atoms with E-state index in [9.17, 15) is 0 Å². The van der Waals surface area contributed by atoms with Gasteiger partial charge in [-0.05, 0) is 41.8 Å². The van der Waals surface area contributed by atoms with Crippen LogP contribution in [0.2, 0.25) is 0 Å². The van der Waals surface area contributed by atoms with Crippen molar-refractivity contribution in [2.45, 2.75) is 79.1 Å². The van der Waals surface area contributed by atoms with E-state index in [0.29, 0.717) is 43.5 Å². The van der Waals surface area contributed by atoms with Gasteiger partial charge < -0.3 is 28.4 Å². The fourth-order valence-electron chi connectivity index (χ4n) is 2.61. The lowest BCUT2D eigenvalue weighted by Crippen LogP contribution is -2.03. The van der Waals surface area contributed by atoms with Gasteiger partial charge in [0.05, 0.1) is 19.8 Å². The van der Waals surface area contributed by atoms with Crippen molar-refractivity contribution >= 4 is 0 Å². The number of para-hydroxylation sites is 3. The topological polar surface area (TPSA) is 65.3 Å². The molecule has 0 aromatic heterocycles. The van der Waals surface area contributed by atoms with Crippen LogP contribution in [0.5, 0.6) is 17.2 Å². The molecule has 3 fully saturated rings. The average molecular weight is 595 g/mol. The van der Waals surface area contributed by atoms with E-state index >= 15 is 0 Å². The van der Waals surface area contributed by atoms with E-state index in [4.69, 9.17) is 28.4 Å². The molecule has 3 heterocycles. The molecule has 3 aromatic rings. The smallest absolute Gasteiger partial charge is 0.119 e. The first kappa shape index (κ1) is 36.1. The summed E-state index contributed by atoms with van der Waals surface area (Å²) < 4.78 is 31.2. The zero-order chi connectivity index (χ0) is 31.2. The zero-order valence-corrected chi connectivity index (χ0v) is 27.2. The van der Waals surface area contributed by atoms with Gasteiger partial charge in [-0.15, -0.1) is 0 Å². The Balaban J connectivity index is 0.000000196. The molecule has 0 spiro atoms. The highest BCUT2D eigenvalue weighted by Crippen LogP contribution is 2.17. The number of epoxide rings is 3. The molecule has 0 saturated carbocycles. The third kappa shape index (κ3) is 22.2. The van der Waals surface area contributed by atoms with Crippen LogP contribution in [0.3, 0.4) is 0 Å². The predicted molar refractivity (Wildman–Crippen MR) is 175 cm³/mol. The lowest BCUT2D eigenvalue weighted by atomic mass is 9.94. The van der Waals surface area contributed by atoms with Crippen LogP contribution in [-0.4, -0.2) is 58.0 Å². The summed E-state index contributed by atoms with van der Waals surface area (Å²) in [5.74, 6) is 2.76. The molecular weight excluding hydrogens is 540 g/mol. The molecule has 0 radical (unpaired) electrons. The second kappa shape index (κ2) is 21.6. The van der Waals surface area contributed by atoms with Crippen LogP contribution in [0.25, 0.3) is 0 Å². The van der Waals surface area contributed by atoms with Crippen LogP contribution in [-0.2, 0) is 14.2 Å². The number of hydrogen-bond acceptors (Lipinski definition) is 6. The van der Waals surface area contributed by atoms with Gasteiger partial charge in [0.1, 0.15) is 55.4 Å². The second-order valence-corrected chi connectivity index (χ2v) is 11.7. The summed E-state index contributed by atoms with van der Waals surface area (Å²) in [6, 6.07) is 29.4. The summed E-state index contributed by atoms with van der Waals surface area (Å²) in [5, 5.41) is 0. The highest BCUT2D eigenvalue weighted by atomic mass is 16.6. The van der Waals surface area contributed by atoms with E-state index in [1.54, 1.807) is 0 Å². The number of unbranched alkanes of at least 4 members (excludes halogenated alkanes) is 1. The number of ether oxygens (including phenoxy) is 6. The molecule has 6 nitrogen and oxygen atoms in total. The first-order valence-electron chi connectivity index (χ1n) is 15.7. The summed E-state index contributed by atoms with van der Waals surface area (Å²) >= 11 is 0. The Morgan fingerprint density at radius 1 is 0.512 bits per heavy atom. The van der Waals surface area contributed by atoms with Crippen molar-refractivity contribution in [3.63, 3.8) is 0 Å². The van der Waals surface area contributed by atoms with E-state index in [1.165, 1.54) is 19.3 Å². The Labute approximate surface area is 260 Å². The molecule has 3 atom stereocenters. The van der Waals surface area contributed by atoms with Crippen LogP contribution in [0, 0.1) is 5.41 Å². The molecule has 3 unspecified atom stereocenters. The largest absolute Gasteiger partial charge is 0.491 e. The summed E-state index contributed by atoms with van der Waals surface area (Å²) in [4.78, 5) is 0. The van der Waals surface area contributed by atoms with Crippen molar-refractivity contribution in [3.05, 3.63) is 91.0 Å². The summed E-state index contributed by atoms with van der Waals surface area (Å²) in [6.07, 6.45) is 4.94. The van der Waals surface area contributed by atoms with Crippen LogP contribution < -0.4 is 14.2 Å². The van der Waals surface area contributed by atoms with E-state index in [2.05, 4.69) is 41.5 Å². The standard InChI is InChI=1S/3C9H10O2.C6H14.C4H10/c3*1-2-4-8(5-3-1)10-6-9-7-11-9;1-5-6(2,3)4;1-3-4-2/h3*1-5,9H,6-7H2;5H2,1-4H3;3-4H2,1-2H3. The SMILES string of the molecule is CCC(C)(C)C.CCCC.c1ccc(OCC2CO2)cc1.c1ccc(OCC2CO2)cc1.c1ccc(OCC2CO2)cc1. The third-order valence-corrected chi connectivity index (χ3v) is 6.31. The van der Waals surface area contributed by atoms with Crippen molar-refractivity contribution in [1.29, 1.82) is 0 Å². The molecule has 43 heavy (non-hydrogen) atoms. The maximum atomic E-state index is 5.40. The fourth-order valence-corrected chi connectivity index (χ4v) is 2.61. The first-order valence-corrected chi connectivity index (χ1v) is 15.7. The average Bonchev–Trinajstić information content (AvgIpc) is 3.90. The van der Waals surface area contributed by atoms with Crippen molar-refractivity contribution in [2.24, 2.45) is 5.41 Å². The van der Waals surface area contributed by atoms with Gasteiger partial charge in [0.15, 0.2) is 0 Å². The van der Waals surface area contributed by atoms with Crippen LogP contribution in [0.15, 0.2) is 91.0 Å². The lowest BCUT2D eigenvalue weighted by Gasteiger charge is -2.12. The Morgan fingerprint density at radius 3 is 0.907 bits per heavy atom. The summed E-state index contributed by atoms with van der Waals surface area (Å²) in [5.41, 5.74) is 0.542. The molecule has 0 N–H and O–H groups in total. The van der Waals surface area contributed by atoms with E-state index < -0.39 is 0 Å². The lowest BCUT2D eigenvalue weighted by molar-refractivity contribution is 0.263. The van der Waals surface area contributed by atoms with Gasteiger partial charge in [-0.3, -0.25) is 0 Å². The molecule has 3 aliphatic rings. The highest BCUT2D eigenvalue weighted by molar-refractivity contribution is 5.22. The maximum Gasteiger partial charge on any atom is 0.119 e. The van der Waals surface area contributed by atoms with Gasteiger partial charge in [0.25, 0.3) is 0 Å². The number of hydrogen-bond donors (Lipinski definition) is 0. The monoisotopic (exact) mass is 594 g/mol. The van der Waals surface area contributed by atoms with Crippen molar-refractivity contribution in [2.75, 3.05) is 39.6 Å². The minimum Gasteiger partial charge on any atom is -0.491 e. The van der Waals surface area contributed by atoms with Crippen LogP contribution in [0.1, 0.15) is 60.8 Å².